The second-order valence-corrected chi connectivity index (χ2v) is 5.96. The van der Waals surface area contributed by atoms with E-state index in [1.807, 2.05) is 18.2 Å². The molecule has 1 rings (SSSR count). The summed E-state index contributed by atoms with van der Waals surface area (Å²) in [6.45, 7) is 1.31. The van der Waals surface area contributed by atoms with Crippen molar-refractivity contribution in [3.63, 3.8) is 0 Å². The van der Waals surface area contributed by atoms with E-state index in [2.05, 4.69) is 21.2 Å². The van der Waals surface area contributed by atoms with Gasteiger partial charge in [-0.15, -0.1) is 0 Å². The molecule has 0 fully saturated rings. The van der Waals surface area contributed by atoms with Crippen LogP contribution in [0.25, 0.3) is 0 Å². The minimum Gasteiger partial charge on any atom is -0.496 e. The maximum Gasteiger partial charge on any atom is 0.327 e. The smallest absolute Gasteiger partial charge is 0.327 e. The molecular formula is C13H16BrNO4S. The number of aliphatic carboxylic acids is 1. The lowest BCUT2D eigenvalue weighted by Gasteiger charge is -2.13. The number of halogens is 1. The maximum absolute atomic E-state index is 11.0. The molecule has 0 spiro atoms. The predicted octanol–water partition coefficient (Wildman–Crippen LogP) is 2.28. The third kappa shape index (κ3) is 5.42. The van der Waals surface area contributed by atoms with Gasteiger partial charge in [0.2, 0.25) is 5.91 Å². The minimum absolute atomic E-state index is 0.318. The van der Waals surface area contributed by atoms with Crippen LogP contribution in [0.3, 0.4) is 0 Å². The van der Waals surface area contributed by atoms with E-state index in [-0.39, 0.29) is 5.91 Å². The molecule has 7 heteroatoms. The highest BCUT2D eigenvalue weighted by molar-refractivity contribution is 9.10. The Bertz CT molecular complexity index is 495. The van der Waals surface area contributed by atoms with Gasteiger partial charge in [-0.3, -0.25) is 4.79 Å². The van der Waals surface area contributed by atoms with Crippen LogP contribution in [0.4, 0.5) is 0 Å². The second-order valence-electron chi connectivity index (χ2n) is 4.08. The molecule has 1 aromatic rings. The van der Waals surface area contributed by atoms with Crippen molar-refractivity contribution in [3.05, 3.63) is 28.2 Å². The number of carbonyl (C=O) groups is 2. The summed E-state index contributed by atoms with van der Waals surface area (Å²) in [5.41, 5.74) is 1.05. The number of rotatable bonds is 7. The molecule has 5 nitrogen and oxygen atoms in total. The van der Waals surface area contributed by atoms with Crippen molar-refractivity contribution < 1.29 is 19.4 Å². The van der Waals surface area contributed by atoms with Crippen LogP contribution in [0.2, 0.25) is 0 Å². The van der Waals surface area contributed by atoms with Crippen molar-refractivity contribution in [1.82, 2.24) is 5.32 Å². The van der Waals surface area contributed by atoms with Crippen molar-refractivity contribution in [2.24, 2.45) is 0 Å². The Balaban J connectivity index is 2.52. The van der Waals surface area contributed by atoms with E-state index in [0.29, 0.717) is 11.5 Å². The molecular weight excluding hydrogens is 346 g/mol. The van der Waals surface area contributed by atoms with Gasteiger partial charge in [-0.1, -0.05) is 6.07 Å². The molecule has 0 radical (unpaired) electrons. The van der Waals surface area contributed by atoms with Crippen LogP contribution < -0.4 is 10.1 Å². The van der Waals surface area contributed by atoms with Crippen LogP contribution in [0.1, 0.15) is 12.5 Å². The number of nitrogens with one attached hydrogen (secondary N) is 1. The number of benzene rings is 1. The number of ether oxygens (including phenoxy) is 1. The summed E-state index contributed by atoms with van der Waals surface area (Å²) < 4.78 is 6.00. The first-order valence-corrected chi connectivity index (χ1v) is 7.79. The summed E-state index contributed by atoms with van der Waals surface area (Å²) in [5.74, 6) is 0.360. The normalized spacial score (nSPS) is 11.8. The Morgan fingerprint density at radius 2 is 2.20 bits per heavy atom. The Morgan fingerprint density at radius 1 is 1.50 bits per heavy atom. The molecule has 0 aliphatic rings. The van der Waals surface area contributed by atoms with Crippen molar-refractivity contribution in [3.8, 4) is 5.75 Å². The standard InChI is InChI=1S/C13H16BrNO4S/c1-8(16)15-11(13(17)18)7-20-6-9-3-4-12(19-2)10(14)5-9/h3-5,11H,6-7H2,1-2H3,(H,15,16)(H,17,18). The number of amides is 1. The zero-order chi connectivity index (χ0) is 15.1. The number of carboxylic acids is 1. The summed E-state index contributed by atoms with van der Waals surface area (Å²) in [6, 6.07) is 4.84. The molecule has 2 N–H and O–H groups in total. The molecule has 0 saturated heterocycles. The fourth-order valence-electron chi connectivity index (χ4n) is 1.51. The molecule has 0 heterocycles. The molecule has 1 unspecified atom stereocenters. The molecule has 1 amide bonds. The van der Waals surface area contributed by atoms with E-state index in [1.165, 1.54) is 18.7 Å². The van der Waals surface area contributed by atoms with Crippen molar-refractivity contribution in [2.45, 2.75) is 18.7 Å². The number of carboxylic acid groups (broad SMARTS) is 1. The zero-order valence-electron chi connectivity index (χ0n) is 11.2. The van der Waals surface area contributed by atoms with Crippen LogP contribution in [0.15, 0.2) is 22.7 Å². The van der Waals surface area contributed by atoms with Gasteiger partial charge in [0.05, 0.1) is 11.6 Å². The lowest BCUT2D eigenvalue weighted by molar-refractivity contribution is -0.140. The van der Waals surface area contributed by atoms with Crippen LogP contribution in [0, 0.1) is 0 Å². The van der Waals surface area contributed by atoms with Gasteiger partial charge < -0.3 is 15.2 Å². The monoisotopic (exact) mass is 361 g/mol. The number of hydrogen-bond acceptors (Lipinski definition) is 4. The Kier molecular flexibility index (Phi) is 6.87. The minimum atomic E-state index is -1.02. The quantitative estimate of drug-likeness (QED) is 0.778. The molecule has 0 aliphatic carbocycles. The van der Waals surface area contributed by atoms with E-state index in [0.717, 1.165) is 15.8 Å². The number of hydrogen-bond donors (Lipinski definition) is 2. The first-order valence-electron chi connectivity index (χ1n) is 5.84. The van der Waals surface area contributed by atoms with Crippen LogP contribution >= 0.6 is 27.7 Å². The second kappa shape index (κ2) is 8.16. The summed E-state index contributed by atoms with van der Waals surface area (Å²) in [5, 5.41) is 11.4. The van der Waals surface area contributed by atoms with E-state index >= 15 is 0 Å². The SMILES string of the molecule is COc1ccc(CSCC(NC(C)=O)C(=O)O)cc1Br. The fourth-order valence-corrected chi connectivity index (χ4v) is 3.10. The lowest BCUT2D eigenvalue weighted by atomic mass is 10.2. The van der Waals surface area contributed by atoms with E-state index in [4.69, 9.17) is 9.84 Å². The third-order valence-electron chi connectivity index (χ3n) is 2.45. The zero-order valence-corrected chi connectivity index (χ0v) is 13.6. The average molecular weight is 362 g/mol. The van der Waals surface area contributed by atoms with Crippen LogP contribution in [0.5, 0.6) is 5.75 Å². The summed E-state index contributed by atoms with van der Waals surface area (Å²) in [4.78, 5) is 21.9. The fraction of sp³-hybridized carbons (Fsp3) is 0.385. The van der Waals surface area contributed by atoms with E-state index in [9.17, 15) is 9.59 Å². The van der Waals surface area contributed by atoms with Gasteiger partial charge in [0.25, 0.3) is 0 Å². The average Bonchev–Trinajstić information content (AvgIpc) is 2.37. The van der Waals surface area contributed by atoms with Gasteiger partial charge in [-0.2, -0.15) is 11.8 Å². The van der Waals surface area contributed by atoms with Crippen molar-refractivity contribution in [1.29, 1.82) is 0 Å². The van der Waals surface area contributed by atoms with E-state index in [1.54, 1.807) is 7.11 Å². The van der Waals surface area contributed by atoms with Gasteiger partial charge >= 0.3 is 5.97 Å². The molecule has 0 bridgehead atoms. The van der Waals surface area contributed by atoms with Gasteiger partial charge in [0, 0.05) is 18.4 Å². The largest absolute Gasteiger partial charge is 0.496 e. The molecule has 110 valence electrons. The summed E-state index contributed by atoms with van der Waals surface area (Å²) in [6.07, 6.45) is 0. The topological polar surface area (TPSA) is 75.6 Å². The number of carbonyl (C=O) groups excluding carboxylic acids is 1. The summed E-state index contributed by atoms with van der Waals surface area (Å²) >= 11 is 4.85. The number of thioether (sulfide) groups is 1. The van der Waals surface area contributed by atoms with Crippen molar-refractivity contribution in [2.75, 3.05) is 12.9 Å². The maximum atomic E-state index is 11.0. The highest BCUT2D eigenvalue weighted by Crippen LogP contribution is 2.27. The molecule has 1 aromatic carbocycles. The third-order valence-corrected chi connectivity index (χ3v) is 4.17. The Hall–Kier alpha value is -1.21. The van der Waals surface area contributed by atoms with Gasteiger partial charge in [-0.05, 0) is 33.6 Å². The van der Waals surface area contributed by atoms with Gasteiger partial charge in [0.15, 0.2) is 0 Å². The molecule has 0 saturated carbocycles. The predicted molar refractivity (Wildman–Crippen MR) is 82.1 cm³/mol. The summed E-state index contributed by atoms with van der Waals surface area (Å²) in [7, 11) is 1.60. The first kappa shape index (κ1) is 16.8. The number of methoxy groups -OCH3 is 1. The lowest BCUT2D eigenvalue weighted by Crippen LogP contribution is -2.41. The van der Waals surface area contributed by atoms with Crippen LogP contribution in [-0.2, 0) is 15.3 Å². The highest BCUT2D eigenvalue weighted by Gasteiger charge is 2.18. The molecule has 20 heavy (non-hydrogen) atoms. The van der Waals surface area contributed by atoms with Crippen molar-refractivity contribution >= 4 is 39.6 Å². The first-order chi connectivity index (χ1) is 9.43. The Labute approximate surface area is 130 Å². The molecule has 0 aliphatic heterocycles. The van der Waals surface area contributed by atoms with Gasteiger partial charge in [-0.25, -0.2) is 4.79 Å². The van der Waals surface area contributed by atoms with Crippen LogP contribution in [-0.4, -0.2) is 35.9 Å². The Morgan fingerprint density at radius 3 is 2.70 bits per heavy atom. The molecule has 1 atom stereocenters. The van der Waals surface area contributed by atoms with E-state index < -0.39 is 12.0 Å². The van der Waals surface area contributed by atoms with Gasteiger partial charge in [0.1, 0.15) is 11.8 Å². The highest BCUT2D eigenvalue weighted by atomic mass is 79.9. The molecule has 0 aromatic heterocycles.